The maximum atomic E-state index is 11.6. The number of aryl methyl sites for hydroxylation is 1. The number of benzene rings is 1. The first kappa shape index (κ1) is 9.21. The molecule has 1 aromatic carbocycles. The van der Waals surface area contributed by atoms with Gasteiger partial charge in [-0.05, 0) is 31.5 Å². The molecule has 2 N–H and O–H groups in total. The van der Waals surface area contributed by atoms with Gasteiger partial charge in [-0.2, -0.15) is 0 Å². The van der Waals surface area contributed by atoms with E-state index in [1.165, 1.54) is 0 Å². The third-order valence-corrected chi connectivity index (χ3v) is 2.54. The van der Waals surface area contributed by atoms with Crippen LogP contribution >= 0.6 is 0 Å². The van der Waals surface area contributed by atoms with Gasteiger partial charge in [-0.3, -0.25) is 4.79 Å². The number of hydrogen-bond donors (Lipinski definition) is 2. The summed E-state index contributed by atoms with van der Waals surface area (Å²) in [6, 6.07) is 7.81. The summed E-state index contributed by atoms with van der Waals surface area (Å²) in [7, 11) is 0. The standard InChI is InChI=1S/C11H14N2O/c1-8-4-2-3-5-9(8)13-11(14)10-6-7-12-10/h2-5,10,12H,6-7H2,1H3,(H,13,14). The van der Waals surface area contributed by atoms with Gasteiger partial charge in [0.2, 0.25) is 5.91 Å². The minimum absolute atomic E-state index is 0.00889. The second kappa shape index (κ2) is 3.80. The van der Waals surface area contributed by atoms with Crippen LogP contribution in [0.3, 0.4) is 0 Å². The molecule has 0 aromatic heterocycles. The quantitative estimate of drug-likeness (QED) is 0.738. The molecule has 1 atom stereocenters. The van der Waals surface area contributed by atoms with E-state index in [2.05, 4.69) is 10.6 Å². The molecule has 1 saturated heterocycles. The summed E-state index contributed by atoms with van der Waals surface area (Å²) in [6.07, 6.45) is 0.942. The van der Waals surface area contributed by atoms with Gasteiger partial charge in [0.05, 0.1) is 6.04 Å². The highest BCUT2D eigenvalue weighted by molar-refractivity contribution is 5.95. The molecule has 1 aromatic rings. The van der Waals surface area contributed by atoms with E-state index in [0.717, 1.165) is 24.2 Å². The molecule has 14 heavy (non-hydrogen) atoms. The average molecular weight is 190 g/mol. The second-order valence-corrected chi connectivity index (χ2v) is 3.60. The van der Waals surface area contributed by atoms with Crippen molar-refractivity contribution in [3.05, 3.63) is 29.8 Å². The molecule has 0 radical (unpaired) electrons. The maximum Gasteiger partial charge on any atom is 0.241 e. The number of anilines is 1. The largest absolute Gasteiger partial charge is 0.324 e. The summed E-state index contributed by atoms with van der Waals surface area (Å²) in [5, 5.41) is 5.98. The minimum atomic E-state index is 0.00889. The van der Waals surface area contributed by atoms with E-state index in [-0.39, 0.29) is 11.9 Å². The Hall–Kier alpha value is -1.35. The first-order valence-corrected chi connectivity index (χ1v) is 4.87. The fourth-order valence-electron chi connectivity index (χ4n) is 1.45. The van der Waals surface area contributed by atoms with E-state index in [4.69, 9.17) is 0 Å². The fourth-order valence-corrected chi connectivity index (χ4v) is 1.45. The number of para-hydroxylation sites is 1. The summed E-state index contributed by atoms with van der Waals surface area (Å²) in [4.78, 5) is 11.6. The zero-order chi connectivity index (χ0) is 9.97. The lowest BCUT2D eigenvalue weighted by atomic mass is 10.1. The van der Waals surface area contributed by atoms with Gasteiger partial charge < -0.3 is 10.6 Å². The molecular weight excluding hydrogens is 176 g/mol. The van der Waals surface area contributed by atoms with Crippen LogP contribution in [0, 0.1) is 6.92 Å². The van der Waals surface area contributed by atoms with Crippen molar-refractivity contribution in [2.45, 2.75) is 19.4 Å². The van der Waals surface area contributed by atoms with Crippen molar-refractivity contribution in [2.75, 3.05) is 11.9 Å². The second-order valence-electron chi connectivity index (χ2n) is 3.60. The van der Waals surface area contributed by atoms with Crippen molar-refractivity contribution < 1.29 is 4.79 Å². The number of carbonyl (C=O) groups excluding carboxylic acids is 1. The summed E-state index contributed by atoms with van der Waals surface area (Å²) >= 11 is 0. The lowest BCUT2D eigenvalue weighted by Gasteiger charge is -2.26. The summed E-state index contributed by atoms with van der Waals surface area (Å²) in [5.74, 6) is 0.0746. The van der Waals surface area contributed by atoms with Crippen LogP contribution in [0.5, 0.6) is 0 Å². The molecule has 0 aliphatic carbocycles. The highest BCUT2D eigenvalue weighted by Gasteiger charge is 2.24. The number of amides is 1. The molecule has 3 heteroatoms. The molecule has 1 unspecified atom stereocenters. The van der Waals surface area contributed by atoms with Crippen molar-refractivity contribution in [1.29, 1.82) is 0 Å². The zero-order valence-corrected chi connectivity index (χ0v) is 8.21. The van der Waals surface area contributed by atoms with Gasteiger partial charge in [-0.15, -0.1) is 0 Å². The Morgan fingerprint density at radius 1 is 1.50 bits per heavy atom. The smallest absolute Gasteiger partial charge is 0.241 e. The molecule has 0 saturated carbocycles. The highest BCUT2D eigenvalue weighted by atomic mass is 16.2. The first-order chi connectivity index (χ1) is 6.77. The van der Waals surface area contributed by atoms with Crippen LogP contribution in [0.2, 0.25) is 0 Å². The van der Waals surface area contributed by atoms with Crippen LogP contribution in [-0.4, -0.2) is 18.5 Å². The molecule has 1 aliphatic rings. The highest BCUT2D eigenvalue weighted by Crippen LogP contribution is 2.14. The van der Waals surface area contributed by atoms with Crippen molar-refractivity contribution in [1.82, 2.24) is 5.32 Å². The Balaban J connectivity index is 2.03. The Labute approximate surface area is 83.5 Å². The maximum absolute atomic E-state index is 11.6. The fraction of sp³-hybridized carbons (Fsp3) is 0.364. The molecule has 1 fully saturated rings. The normalized spacial score (nSPS) is 19.9. The van der Waals surface area contributed by atoms with E-state index in [1.807, 2.05) is 31.2 Å². The minimum Gasteiger partial charge on any atom is -0.324 e. The molecule has 1 amide bonds. The number of hydrogen-bond acceptors (Lipinski definition) is 2. The molecule has 74 valence electrons. The molecule has 0 spiro atoms. The van der Waals surface area contributed by atoms with Crippen molar-refractivity contribution in [3.63, 3.8) is 0 Å². The van der Waals surface area contributed by atoms with Crippen LogP contribution in [0.25, 0.3) is 0 Å². The van der Waals surface area contributed by atoms with E-state index >= 15 is 0 Å². The zero-order valence-electron chi connectivity index (χ0n) is 8.21. The number of nitrogens with one attached hydrogen (secondary N) is 2. The monoisotopic (exact) mass is 190 g/mol. The Kier molecular flexibility index (Phi) is 2.50. The van der Waals surface area contributed by atoms with Gasteiger partial charge in [0.1, 0.15) is 0 Å². The number of carbonyl (C=O) groups is 1. The average Bonchev–Trinajstić information content (AvgIpc) is 2.05. The van der Waals surface area contributed by atoms with Crippen LogP contribution in [0.1, 0.15) is 12.0 Å². The van der Waals surface area contributed by atoms with Gasteiger partial charge in [0.15, 0.2) is 0 Å². The van der Waals surface area contributed by atoms with Gasteiger partial charge in [-0.1, -0.05) is 18.2 Å². The third-order valence-electron chi connectivity index (χ3n) is 2.54. The van der Waals surface area contributed by atoms with Gasteiger partial charge in [0, 0.05) is 5.69 Å². The molecule has 0 bridgehead atoms. The van der Waals surface area contributed by atoms with E-state index in [9.17, 15) is 4.79 Å². The lowest BCUT2D eigenvalue weighted by Crippen LogP contribution is -2.50. The van der Waals surface area contributed by atoms with Crippen LogP contribution < -0.4 is 10.6 Å². The molecule has 1 aliphatic heterocycles. The lowest BCUT2D eigenvalue weighted by molar-refractivity contribution is -0.119. The summed E-state index contributed by atoms with van der Waals surface area (Å²) in [6.45, 7) is 2.94. The predicted octanol–water partition coefficient (Wildman–Crippen LogP) is 1.30. The van der Waals surface area contributed by atoms with Crippen molar-refractivity contribution in [3.8, 4) is 0 Å². The van der Waals surface area contributed by atoms with Crippen LogP contribution in [-0.2, 0) is 4.79 Å². The molecule has 1 heterocycles. The van der Waals surface area contributed by atoms with E-state index in [0.29, 0.717) is 0 Å². The van der Waals surface area contributed by atoms with Crippen molar-refractivity contribution >= 4 is 11.6 Å². The van der Waals surface area contributed by atoms with Gasteiger partial charge in [0.25, 0.3) is 0 Å². The third kappa shape index (κ3) is 1.77. The Morgan fingerprint density at radius 2 is 2.21 bits per heavy atom. The van der Waals surface area contributed by atoms with E-state index < -0.39 is 0 Å². The summed E-state index contributed by atoms with van der Waals surface area (Å²) in [5.41, 5.74) is 2.01. The van der Waals surface area contributed by atoms with Gasteiger partial charge in [-0.25, -0.2) is 0 Å². The Bertz CT molecular complexity index is 345. The number of rotatable bonds is 2. The predicted molar refractivity (Wildman–Crippen MR) is 56.2 cm³/mol. The van der Waals surface area contributed by atoms with E-state index in [1.54, 1.807) is 0 Å². The molecule has 3 nitrogen and oxygen atoms in total. The topological polar surface area (TPSA) is 41.1 Å². The SMILES string of the molecule is Cc1ccccc1NC(=O)C1CCN1. The Morgan fingerprint density at radius 3 is 2.79 bits per heavy atom. The summed E-state index contributed by atoms with van der Waals surface area (Å²) < 4.78 is 0. The van der Waals surface area contributed by atoms with Crippen LogP contribution in [0.4, 0.5) is 5.69 Å². The molecule has 2 rings (SSSR count). The van der Waals surface area contributed by atoms with Crippen LogP contribution in [0.15, 0.2) is 24.3 Å². The van der Waals surface area contributed by atoms with Gasteiger partial charge >= 0.3 is 0 Å². The first-order valence-electron chi connectivity index (χ1n) is 4.87. The molecular formula is C11H14N2O. The van der Waals surface area contributed by atoms with Crippen molar-refractivity contribution in [2.24, 2.45) is 0 Å².